The summed E-state index contributed by atoms with van der Waals surface area (Å²) in [7, 11) is -2.22. The van der Waals surface area contributed by atoms with Crippen molar-refractivity contribution in [3.8, 4) is 0 Å². The molecule has 3 aromatic rings. The molecular formula is C22H32BrN5O3S. The van der Waals surface area contributed by atoms with Gasteiger partial charge in [-0.3, -0.25) is 0 Å². The number of rotatable bonds is 5. The Labute approximate surface area is 198 Å². The molecule has 3 N–H and O–H groups in total. The average molecular weight is 527 g/mol. The van der Waals surface area contributed by atoms with Crippen molar-refractivity contribution in [2.75, 3.05) is 24.0 Å². The molecule has 4 rings (SSSR count). The van der Waals surface area contributed by atoms with Gasteiger partial charge >= 0.3 is 0 Å². The van der Waals surface area contributed by atoms with Gasteiger partial charge < -0.3 is 15.7 Å². The first-order chi connectivity index (χ1) is 15.4. The number of sulfone groups is 1. The Morgan fingerprint density at radius 3 is 2.31 bits per heavy atom. The molecular weight excluding hydrogens is 494 g/mol. The first kappa shape index (κ1) is 26.1. The van der Waals surface area contributed by atoms with E-state index in [4.69, 9.17) is 10.1 Å². The number of nitrogens with one attached hydrogen (secondary N) is 2. The van der Waals surface area contributed by atoms with E-state index in [1.54, 1.807) is 35.0 Å². The van der Waals surface area contributed by atoms with Crippen molar-refractivity contribution >= 4 is 48.7 Å². The van der Waals surface area contributed by atoms with Crippen LogP contribution in [0.4, 0.5) is 17.3 Å². The summed E-state index contributed by atoms with van der Waals surface area (Å²) in [6, 6.07) is 9.05. The molecule has 1 aliphatic carbocycles. The summed E-state index contributed by atoms with van der Waals surface area (Å²) in [5.74, 6) is 1.55. The number of aliphatic hydroxyl groups excluding tert-OH is 1. The minimum atomic E-state index is -3.22. The molecule has 10 heteroatoms. The topological polar surface area (TPSA) is 109 Å². The van der Waals surface area contributed by atoms with E-state index in [1.165, 1.54) is 25.5 Å². The molecule has 0 bridgehead atoms. The molecule has 8 nitrogen and oxygen atoms in total. The van der Waals surface area contributed by atoms with Crippen LogP contribution in [0.2, 0.25) is 0 Å². The van der Waals surface area contributed by atoms with Gasteiger partial charge in [0.15, 0.2) is 15.5 Å². The normalized spacial score (nSPS) is 14.1. The Balaban J connectivity index is 0.000000860. The maximum Gasteiger partial charge on any atom is 0.175 e. The fraction of sp³-hybridized carbons (Fsp3) is 0.455. The van der Waals surface area contributed by atoms with Crippen molar-refractivity contribution in [1.29, 1.82) is 0 Å². The predicted molar refractivity (Wildman–Crippen MR) is 134 cm³/mol. The lowest BCUT2D eigenvalue weighted by molar-refractivity contribution is 0.399. The molecule has 0 amide bonds. The van der Waals surface area contributed by atoms with Gasteiger partial charge in [0.25, 0.3) is 0 Å². The van der Waals surface area contributed by atoms with Gasteiger partial charge in [-0.2, -0.15) is 9.61 Å². The molecule has 0 radical (unpaired) electrons. The highest BCUT2D eigenvalue weighted by Gasteiger charge is 2.16. The third kappa shape index (κ3) is 6.66. The molecule has 2 heterocycles. The maximum atomic E-state index is 11.7. The van der Waals surface area contributed by atoms with Crippen LogP contribution in [-0.2, 0) is 9.84 Å². The van der Waals surface area contributed by atoms with Gasteiger partial charge in [-0.15, -0.1) is 0 Å². The molecule has 2 aromatic heterocycles. The Kier molecular flexibility index (Phi) is 9.92. The number of nitrogens with zero attached hydrogens (tertiary/aromatic N) is 3. The SMILES string of the molecule is CC.CO.CS(=O)(=O)c1ccc(Nc2cc(NC3CCCCC3)nc3c(Br)cnn23)cc1. The van der Waals surface area contributed by atoms with Crippen LogP contribution in [0.25, 0.3) is 5.65 Å². The molecule has 1 fully saturated rings. The average Bonchev–Trinajstić information content (AvgIpc) is 3.18. The molecule has 32 heavy (non-hydrogen) atoms. The van der Waals surface area contributed by atoms with E-state index < -0.39 is 9.84 Å². The number of anilines is 3. The molecule has 0 aliphatic heterocycles. The number of halogens is 1. The number of fused-ring (bicyclic) bond motifs is 1. The summed E-state index contributed by atoms with van der Waals surface area (Å²) in [5.41, 5.74) is 1.49. The smallest absolute Gasteiger partial charge is 0.175 e. The van der Waals surface area contributed by atoms with Gasteiger partial charge in [0.05, 0.1) is 15.6 Å². The third-order valence-corrected chi connectivity index (χ3v) is 6.63. The summed E-state index contributed by atoms with van der Waals surface area (Å²) < 4.78 is 25.9. The lowest BCUT2D eigenvalue weighted by Gasteiger charge is -2.23. The summed E-state index contributed by atoms with van der Waals surface area (Å²) in [6.45, 7) is 4.00. The fourth-order valence-corrected chi connectivity index (χ4v) is 4.47. The molecule has 1 aromatic carbocycles. The molecule has 0 unspecified atom stereocenters. The molecule has 0 atom stereocenters. The monoisotopic (exact) mass is 525 g/mol. The highest BCUT2D eigenvalue weighted by Crippen LogP contribution is 2.27. The van der Waals surface area contributed by atoms with Crippen LogP contribution in [0.15, 0.2) is 45.9 Å². The maximum absolute atomic E-state index is 11.7. The second kappa shape index (κ2) is 12.2. The molecule has 0 spiro atoms. The summed E-state index contributed by atoms with van der Waals surface area (Å²) in [6.07, 6.45) is 9.01. The largest absolute Gasteiger partial charge is 0.400 e. The van der Waals surface area contributed by atoms with E-state index in [9.17, 15) is 8.42 Å². The number of aromatic nitrogens is 3. The van der Waals surface area contributed by atoms with Gasteiger partial charge in [-0.05, 0) is 53.0 Å². The zero-order valence-electron chi connectivity index (χ0n) is 19.0. The number of benzene rings is 1. The molecule has 1 saturated carbocycles. The highest BCUT2D eigenvalue weighted by atomic mass is 79.9. The van der Waals surface area contributed by atoms with Gasteiger partial charge in [0, 0.05) is 31.2 Å². The van der Waals surface area contributed by atoms with E-state index in [1.807, 2.05) is 19.9 Å². The standard InChI is InChI=1S/C19H22BrN5O2S.C2H6.CH4O/c1-28(26,27)15-9-7-14(8-10-15)23-18-11-17(22-13-5-3-2-4-6-13)24-19-16(20)12-21-25(18)19;2*1-2/h7-13,23H,2-6H2,1H3,(H,22,24);1-2H3;2H,1H3. The lowest BCUT2D eigenvalue weighted by atomic mass is 9.95. The van der Waals surface area contributed by atoms with E-state index in [0.717, 1.165) is 47.4 Å². The lowest BCUT2D eigenvalue weighted by Crippen LogP contribution is -2.23. The molecule has 0 saturated heterocycles. The summed E-state index contributed by atoms with van der Waals surface area (Å²) >= 11 is 3.51. The minimum absolute atomic E-state index is 0.291. The Morgan fingerprint density at radius 1 is 1.09 bits per heavy atom. The van der Waals surface area contributed by atoms with Crippen LogP contribution >= 0.6 is 15.9 Å². The quantitative estimate of drug-likeness (QED) is 0.429. The zero-order valence-corrected chi connectivity index (χ0v) is 21.4. The third-order valence-electron chi connectivity index (χ3n) is 4.94. The van der Waals surface area contributed by atoms with Crippen LogP contribution in [0, 0.1) is 0 Å². The van der Waals surface area contributed by atoms with Crippen LogP contribution in [0.1, 0.15) is 46.0 Å². The summed E-state index contributed by atoms with van der Waals surface area (Å²) in [5, 5.41) is 18.3. The second-order valence-electron chi connectivity index (χ2n) is 7.16. The predicted octanol–water partition coefficient (Wildman–Crippen LogP) is 5.02. The van der Waals surface area contributed by atoms with Gasteiger partial charge in [0.1, 0.15) is 11.6 Å². The number of hydrogen-bond acceptors (Lipinski definition) is 7. The van der Waals surface area contributed by atoms with Crippen molar-refractivity contribution in [3.05, 3.63) is 41.0 Å². The van der Waals surface area contributed by atoms with Crippen molar-refractivity contribution in [2.45, 2.75) is 56.9 Å². The van der Waals surface area contributed by atoms with Crippen LogP contribution in [0.3, 0.4) is 0 Å². The van der Waals surface area contributed by atoms with Crippen LogP contribution < -0.4 is 10.6 Å². The van der Waals surface area contributed by atoms with Gasteiger partial charge in [-0.25, -0.2) is 13.4 Å². The molecule has 176 valence electrons. The van der Waals surface area contributed by atoms with Crippen molar-refractivity contribution in [2.24, 2.45) is 0 Å². The van der Waals surface area contributed by atoms with Crippen molar-refractivity contribution < 1.29 is 13.5 Å². The number of hydrogen-bond donors (Lipinski definition) is 3. The van der Waals surface area contributed by atoms with Gasteiger partial charge in [0.2, 0.25) is 0 Å². The Morgan fingerprint density at radius 2 is 1.72 bits per heavy atom. The van der Waals surface area contributed by atoms with Gasteiger partial charge in [-0.1, -0.05) is 33.1 Å². The van der Waals surface area contributed by atoms with Crippen LogP contribution in [0.5, 0.6) is 0 Å². The van der Waals surface area contributed by atoms with E-state index in [-0.39, 0.29) is 0 Å². The first-order valence-corrected chi connectivity index (χ1v) is 13.4. The Hall–Kier alpha value is -2.17. The highest BCUT2D eigenvalue weighted by molar-refractivity contribution is 9.10. The summed E-state index contributed by atoms with van der Waals surface area (Å²) in [4.78, 5) is 4.99. The first-order valence-electron chi connectivity index (χ1n) is 10.7. The van der Waals surface area contributed by atoms with Crippen molar-refractivity contribution in [1.82, 2.24) is 14.6 Å². The van der Waals surface area contributed by atoms with Crippen LogP contribution in [-0.4, -0.2) is 47.5 Å². The fourth-order valence-electron chi connectivity index (χ4n) is 3.49. The van der Waals surface area contributed by atoms with Crippen molar-refractivity contribution in [3.63, 3.8) is 0 Å². The Bertz CT molecular complexity index is 1090. The zero-order chi connectivity index (χ0) is 23.7. The second-order valence-corrected chi connectivity index (χ2v) is 10.0. The van der Waals surface area contributed by atoms with E-state index in [0.29, 0.717) is 10.9 Å². The minimum Gasteiger partial charge on any atom is -0.400 e. The van der Waals surface area contributed by atoms with E-state index in [2.05, 4.69) is 31.7 Å². The number of aliphatic hydroxyl groups is 1. The molecule has 1 aliphatic rings. The van der Waals surface area contributed by atoms with E-state index >= 15 is 0 Å².